The summed E-state index contributed by atoms with van der Waals surface area (Å²) in [6.45, 7) is 8.58. The molecule has 5 rings (SSSR count). The van der Waals surface area contributed by atoms with Crippen molar-refractivity contribution in [3.05, 3.63) is 71.9 Å². The number of carbonyl (C=O) groups excluding carboxylic acids is 1. The molecule has 0 saturated carbocycles. The van der Waals surface area contributed by atoms with Crippen molar-refractivity contribution in [1.82, 2.24) is 14.8 Å². The van der Waals surface area contributed by atoms with Gasteiger partial charge in [0.1, 0.15) is 0 Å². The van der Waals surface area contributed by atoms with Crippen molar-refractivity contribution in [1.29, 1.82) is 0 Å². The Balaban J connectivity index is 1.10. The van der Waals surface area contributed by atoms with Crippen molar-refractivity contribution < 1.29 is 4.79 Å². The third-order valence-corrected chi connectivity index (χ3v) is 8.63. The van der Waals surface area contributed by atoms with Gasteiger partial charge in [-0.2, -0.15) is 0 Å². The monoisotopic (exact) mass is 487 g/mol. The normalized spacial score (nSPS) is 18.4. The fourth-order valence-electron chi connectivity index (χ4n) is 5.73. The Labute approximate surface area is 214 Å². The van der Waals surface area contributed by atoms with E-state index in [9.17, 15) is 4.79 Å². The first-order valence-electron chi connectivity index (χ1n) is 13.2. The number of amides is 1. The van der Waals surface area contributed by atoms with Crippen molar-refractivity contribution in [3.8, 4) is 0 Å². The quantitative estimate of drug-likeness (QED) is 0.383. The zero-order valence-corrected chi connectivity index (χ0v) is 21.8. The molecule has 5 heteroatoms. The molecular weight excluding hydrogens is 450 g/mol. The van der Waals surface area contributed by atoms with Crippen LogP contribution in [0.3, 0.4) is 0 Å². The molecule has 184 valence electrons. The summed E-state index contributed by atoms with van der Waals surface area (Å²) in [6.07, 6.45) is 7.71. The molecule has 0 unspecified atom stereocenters. The fraction of sp³-hybridized carbons (Fsp3) is 0.467. The Morgan fingerprint density at radius 2 is 1.69 bits per heavy atom. The van der Waals surface area contributed by atoms with Gasteiger partial charge in [-0.25, -0.2) is 0 Å². The minimum atomic E-state index is 0.151. The van der Waals surface area contributed by atoms with Crippen LogP contribution < -0.4 is 0 Å². The summed E-state index contributed by atoms with van der Waals surface area (Å²) in [7, 11) is 0. The molecule has 35 heavy (non-hydrogen) atoms. The first-order valence-corrected chi connectivity index (χ1v) is 14.1. The van der Waals surface area contributed by atoms with Gasteiger partial charge in [-0.15, -0.1) is 11.8 Å². The number of thioether (sulfide) groups is 1. The average molecular weight is 488 g/mol. The number of rotatable bonds is 6. The lowest BCUT2D eigenvalue weighted by atomic mass is 9.88. The maximum absolute atomic E-state index is 13.3. The first kappa shape index (κ1) is 24.3. The number of hydrogen-bond acceptors (Lipinski definition) is 4. The summed E-state index contributed by atoms with van der Waals surface area (Å²) in [5.41, 5.74) is 3.15. The van der Waals surface area contributed by atoms with Crippen LogP contribution in [-0.2, 0) is 6.42 Å². The summed E-state index contributed by atoms with van der Waals surface area (Å²) >= 11 is 1.94. The van der Waals surface area contributed by atoms with E-state index in [2.05, 4.69) is 48.0 Å². The van der Waals surface area contributed by atoms with Crippen molar-refractivity contribution in [3.63, 3.8) is 0 Å². The van der Waals surface area contributed by atoms with Crippen LogP contribution in [-0.4, -0.2) is 58.2 Å². The summed E-state index contributed by atoms with van der Waals surface area (Å²) < 4.78 is 0. The van der Waals surface area contributed by atoms with Crippen molar-refractivity contribution in [2.24, 2.45) is 5.92 Å². The number of likely N-dealkylation sites (tertiary alicyclic amines) is 2. The van der Waals surface area contributed by atoms with Gasteiger partial charge in [0.25, 0.3) is 5.91 Å². The standard InChI is InChI=1S/C30H37N3OS/c1-22(2)35-26-10-8-23(9-11-26)21-24-12-17-32(18-13-24)25-14-19-33(20-15-25)30(34)28-5-3-7-29-27(28)6-4-16-31-29/h3-11,16,22,24-25H,12-15,17-21H2,1-2H3. The molecule has 0 bridgehead atoms. The van der Waals surface area contributed by atoms with E-state index >= 15 is 0 Å². The molecule has 0 atom stereocenters. The number of benzene rings is 2. The number of fused-ring (bicyclic) bond motifs is 1. The van der Waals surface area contributed by atoms with Crippen LogP contribution in [0.15, 0.2) is 65.7 Å². The molecule has 3 aromatic rings. The summed E-state index contributed by atoms with van der Waals surface area (Å²) in [5, 5.41) is 1.59. The smallest absolute Gasteiger partial charge is 0.254 e. The number of pyridine rings is 1. The molecule has 1 amide bonds. The largest absolute Gasteiger partial charge is 0.339 e. The van der Waals surface area contributed by atoms with Crippen LogP contribution >= 0.6 is 11.8 Å². The third-order valence-electron chi connectivity index (χ3n) is 7.61. The Hall–Kier alpha value is -2.37. The molecule has 0 radical (unpaired) electrons. The van der Waals surface area contributed by atoms with Crippen LogP contribution in [0, 0.1) is 5.92 Å². The summed E-state index contributed by atoms with van der Waals surface area (Å²) in [6, 6.07) is 19.6. The molecule has 0 N–H and O–H groups in total. The van der Waals surface area contributed by atoms with Crippen LogP contribution in [0.4, 0.5) is 0 Å². The van der Waals surface area contributed by atoms with Gasteiger partial charge in [0.05, 0.1) is 5.52 Å². The molecule has 4 nitrogen and oxygen atoms in total. The fourth-order valence-corrected chi connectivity index (χ4v) is 6.56. The predicted molar refractivity (Wildman–Crippen MR) is 146 cm³/mol. The van der Waals surface area contributed by atoms with Gasteiger partial charge >= 0.3 is 0 Å². The van der Waals surface area contributed by atoms with E-state index in [-0.39, 0.29) is 5.91 Å². The average Bonchev–Trinajstić information content (AvgIpc) is 2.89. The van der Waals surface area contributed by atoms with Crippen LogP contribution in [0.5, 0.6) is 0 Å². The van der Waals surface area contributed by atoms with Crippen LogP contribution in [0.1, 0.15) is 55.5 Å². The van der Waals surface area contributed by atoms with Gasteiger partial charge in [0.15, 0.2) is 0 Å². The Bertz CT molecular complexity index is 1120. The number of nitrogens with zero attached hydrogens (tertiary/aromatic N) is 3. The molecule has 2 fully saturated rings. The Kier molecular flexibility index (Phi) is 7.74. The van der Waals surface area contributed by atoms with E-state index in [1.807, 2.05) is 47.0 Å². The topological polar surface area (TPSA) is 36.4 Å². The number of piperidine rings is 2. The molecule has 2 aliphatic rings. The molecule has 1 aromatic heterocycles. The highest BCUT2D eigenvalue weighted by molar-refractivity contribution is 7.99. The summed E-state index contributed by atoms with van der Waals surface area (Å²) in [4.78, 5) is 23.8. The molecule has 2 aliphatic heterocycles. The second kappa shape index (κ2) is 11.1. The lowest BCUT2D eigenvalue weighted by Gasteiger charge is -2.42. The summed E-state index contributed by atoms with van der Waals surface area (Å²) in [5.74, 6) is 0.940. The van der Waals surface area contributed by atoms with E-state index < -0.39 is 0 Å². The second-order valence-corrected chi connectivity index (χ2v) is 12.0. The van der Waals surface area contributed by atoms with Gasteiger partial charge in [-0.3, -0.25) is 9.78 Å². The van der Waals surface area contributed by atoms with E-state index in [0.717, 1.165) is 48.3 Å². The van der Waals surface area contributed by atoms with E-state index in [1.54, 1.807) is 6.20 Å². The number of aromatic nitrogens is 1. The van der Waals surface area contributed by atoms with Crippen molar-refractivity contribution >= 4 is 28.6 Å². The zero-order chi connectivity index (χ0) is 24.2. The van der Waals surface area contributed by atoms with Gasteiger partial charge in [0, 0.05) is 46.4 Å². The van der Waals surface area contributed by atoms with Crippen LogP contribution in [0.2, 0.25) is 0 Å². The second-order valence-electron chi connectivity index (χ2n) is 10.4. The van der Waals surface area contributed by atoms with E-state index in [0.29, 0.717) is 11.3 Å². The highest BCUT2D eigenvalue weighted by Crippen LogP contribution is 2.29. The first-order chi connectivity index (χ1) is 17.1. The molecule has 2 saturated heterocycles. The maximum atomic E-state index is 13.3. The SMILES string of the molecule is CC(C)Sc1ccc(CC2CCN(C3CCN(C(=O)c4cccc5ncccc45)CC3)CC2)cc1. The highest BCUT2D eigenvalue weighted by Gasteiger charge is 2.30. The zero-order valence-electron chi connectivity index (χ0n) is 21.0. The molecule has 3 heterocycles. The van der Waals surface area contributed by atoms with Crippen LogP contribution in [0.25, 0.3) is 10.9 Å². The van der Waals surface area contributed by atoms with E-state index in [4.69, 9.17) is 0 Å². The lowest BCUT2D eigenvalue weighted by molar-refractivity contribution is 0.0553. The Morgan fingerprint density at radius 3 is 2.40 bits per heavy atom. The van der Waals surface area contributed by atoms with Crippen molar-refractivity contribution in [2.45, 2.75) is 62.1 Å². The van der Waals surface area contributed by atoms with Gasteiger partial charge < -0.3 is 9.80 Å². The molecular formula is C30H37N3OS. The minimum Gasteiger partial charge on any atom is -0.339 e. The number of hydrogen-bond donors (Lipinski definition) is 0. The van der Waals surface area contributed by atoms with Gasteiger partial charge in [-0.1, -0.05) is 38.1 Å². The van der Waals surface area contributed by atoms with Gasteiger partial charge in [0.2, 0.25) is 0 Å². The van der Waals surface area contributed by atoms with E-state index in [1.165, 1.54) is 42.8 Å². The maximum Gasteiger partial charge on any atom is 0.254 e. The Morgan fingerprint density at radius 1 is 0.943 bits per heavy atom. The van der Waals surface area contributed by atoms with Gasteiger partial charge in [-0.05, 0) is 87.0 Å². The predicted octanol–water partition coefficient (Wildman–Crippen LogP) is 6.29. The molecule has 2 aromatic carbocycles. The highest BCUT2D eigenvalue weighted by atomic mass is 32.2. The number of carbonyl (C=O) groups is 1. The van der Waals surface area contributed by atoms with Crippen molar-refractivity contribution in [2.75, 3.05) is 26.2 Å². The third kappa shape index (κ3) is 5.90. The lowest BCUT2D eigenvalue weighted by Crippen LogP contribution is -2.49. The minimum absolute atomic E-state index is 0.151. The molecule has 0 spiro atoms. The molecule has 0 aliphatic carbocycles.